The van der Waals surface area contributed by atoms with Crippen molar-refractivity contribution in [1.82, 2.24) is 20.5 Å². The quantitative estimate of drug-likeness (QED) is 0.895. The van der Waals surface area contributed by atoms with Crippen molar-refractivity contribution in [1.29, 1.82) is 0 Å². The highest BCUT2D eigenvalue weighted by atomic mass is 16.5. The second-order valence-corrected chi connectivity index (χ2v) is 6.52. The van der Waals surface area contributed by atoms with Crippen LogP contribution < -0.4 is 10.2 Å². The number of aromatic amines is 1. The topological polar surface area (TPSA) is 83.1 Å². The van der Waals surface area contributed by atoms with E-state index in [1.165, 1.54) is 11.1 Å². The smallest absolute Gasteiger partial charge is 0.322 e. The molecule has 0 saturated carbocycles. The molecule has 2 aromatic rings. The molecule has 4 rings (SSSR count). The number of anilines is 1. The molecule has 1 aromatic heterocycles. The van der Waals surface area contributed by atoms with Crippen LogP contribution in [-0.4, -0.2) is 34.4 Å². The van der Waals surface area contributed by atoms with Crippen LogP contribution in [0, 0.1) is 0 Å². The molecule has 1 fully saturated rings. The molecular weight excluding hydrogens is 318 g/mol. The Morgan fingerprint density at radius 1 is 1.48 bits per heavy atom. The molecule has 2 amide bonds. The van der Waals surface area contributed by atoms with E-state index >= 15 is 0 Å². The average Bonchev–Trinajstić information content (AvgIpc) is 3.38. The van der Waals surface area contributed by atoms with E-state index in [1.807, 2.05) is 6.07 Å². The van der Waals surface area contributed by atoms with Crippen molar-refractivity contribution in [3.05, 3.63) is 41.0 Å². The van der Waals surface area contributed by atoms with Gasteiger partial charge in [-0.2, -0.15) is 5.10 Å². The van der Waals surface area contributed by atoms with Crippen LogP contribution >= 0.6 is 0 Å². The summed E-state index contributed by atoms with van der Waals surface area (Å²) < 4.78 is 5.58. The molecule has 1 aromatic carbocycles. The van der Waals surface area contributed by atoms with Crippen LogP contribution in [0.15, 0.2) is 18.2 Å². The van der Waals surface area contributed by atoms with Gasteiger partial charge in [0.1, 0.15) is 11.9 Å². The number of aromatic nitrogens is 3. The van der Waals surface area contributed by atoms with E-state index in [0.29, 0.717) is 24.7 Å². The Morgan fingerprint density at radius 2 is 2.40 bits per heavy atom. The molecule has 0 radical (unpaired) electrons. The third kappa shape index (κ3) is 3.24. The summed E-state index contributed by atoms with van der Waals surface area (Å²) in [5, 5.41) is 10.0. The standard InChI is InChI=1S/C18H23N5O2/c1-2-12-5-6-14-13(10-12)7-8-23(14)18(24)19-11-16-20-17(22-21-16)15-4-3-9-25-15/h5-6,10,15H,2-4,7-9,11H2,1H3,(H,19,24)(H,20,21,22). The first kappa shape index (κ1) is 16.1. The lowest BCUT2D eigenvalue weighted by atomic mass is 10.1. The number of nitrogens with one attached hydrogen (secondary N) is 2. The Hall–Kier alpha value is -2.41. The second kappa shape index (κ2) is 6.84. The summed E-state index contributed by atoms with van der Waals surface area (Å²) in [4.78, 5) is 18.8. The fourth-order valence-electron chi connectivity index (χ4n) is 3.46. The van der Waals surface area contributed by atoms with Crippen molar-refractivity contribution < 1.29 is 9.53 Å². The highest BCUT2D eigenvalue weighted by molar-refractivity contribution is 5.94. The van der Waals surface area contributed by atoms with Crippen LogP contribution in [0.25, 0.3) is 0 Å². The largest absolute Gasteiger partial charge is 0.370 e. The second-order valence-electron chi connectivity index (χ2n) is 6.52. The fourth-order valence-corrected chi connectivity index (χ4v) is 3.46. The van der Waals surface area contributed by atoms with E-state index in [0.717, 1.165) is 38.0 Å². The van der Waals surface area contributed by atoms with Gasteiger partial charge in [-0.25, -0.2) is 9.78 Å². The summed E-state index contributed by atoms with van der Waals surface area (Å²) in [5.74, 6) is 1.33. The molecule has 3 heterocycles. The third-order valence-corrected chi connectivity index (χ3v) is 4.87. The highest BCUT2D eigenvalue weighted by Gasteiger charge is 2.25. The number of nitrogens with zero attached hydrogens (tertiary/aromatic N) is 3. The van der Waals surface area contributed by atoms with Crippen molar-refractivity contribution >= 4 is 11.7 Å². The van der Waals surface area contributed by atoms with Gasteiger partial charge < -0.3 is 10.1 Å². The number of hydrogen-bond donors (Lipinski definition) is 2. The summed E-state index contributed by atoms with van der Waals surface area (Å²) in [6.07, 6.45) is 3.90. The number of ether oxygens (including phenoxy) is 1. The molecule has 25 heavy (non-hydrogen) atoms. The van der Waals surface area contributed by atoms with Crippen LogP contribution in [0.5, 0.6) is 0 Å². The van der Waals surface area contributed by atoms with Crippen LogP contribution in [0.1, 0.15) is 48.6 Å². The maximum Gasteiger partial charge on any atom is 0.322 e. The predicted octanol–water partition coefficient (Wildman–Crippen LogP) is 2.49. The van der Waals surface area contributed by atoms with Gasteiger partial charge >= 0.3 is 6.03 Å². The monoisotopic (exact) mass is 341 g/mol. The molecule has 2 aliphatic rings. The van der Waals surface area contributed by atoms with E-state index in [4.69, 9.17) is 4.74 Å². The highest BCUT2D eigenvalue weighted by Crippen LogP contribution is 2.29. The number of carbonyl (C=O) groups is 1. The van der Waals surface area contributed by atoms with Crippen molar-refractivity contribution in [3.8, 4) is 0 Å². The van der Waals surface area contributed by atoms with E-state index in [1.54, 1.807) is 4.90 Å². The summed E-state index contributed by atoms with van der Waals surface area (Å²) in [7, 11) is 0. The minimum atomic E-state index is -0.0990. The number of fused-ring (bicyclic) bond motifs is 1. The Kier molecular flexibility index (Phi) is 4.40. The lowest BCUT2D eigenvalue weighted by Gasteiger charge is -2.17. The third-order valence-electron chi connectivity index (χ3n) is 4.87. The molecule has 0 aliphatic carbocycles. The first-order valence-electron chi connectivity index (χ1n) is 8.94. The normalized spacial score (nSPS) is 19.2. The minimum Gasteiger partial charge on any atom is -0.370 e. The molecular formula is C18H23N5O2. The zero-order valence-corrected chi connectivity index (χ0v) is 14.4. The van der Waals surface area contributed by atoms with E-state index < -0.39 is 0 Å². The van der Waals surface area contributed by atoms with Gasteiger partial charge in [-0.05, 0) is 42.9 Å². The average molecular weight is 341 g/mol. The Bertz CT molecular complexity index is 767. The molecule has 1 saturated heterocycles. The molecule has 2 N–H and O–H groups in total. The van der Waals surface area contributed by atoms with Gasteiger partial charge in [-0.15, -0.1) is 0 Å². The first-order valence-corrected chi connectivity index (χ1v) is 8.94. The molecule has 0 spiro atoms. The van der Waals surface area contributed by atoms with Gasteiger partial charge in [0.05, 0.1) is 6.54 Å². The summed E-state index contributed by atoms with van der Waals surface area (Å²) in [5.41, 5.74) is 3.56. The maximum absolute atomic E-state index is 12.5. The van der Waals surface area contributed by atoms with Crippen molar-refractivity contribution in [2.24, 2.45) is 0 Å². The van der Waals surface area contributed by atoms with Gasteiger partial charge in [0, 0.05) is 18.8 Å². The van der Waals surface area contributed by atoms with Gasteiger partial charge in [0.25, 0.3) is 0 Å². The van der Waals surface area contributed by atoms with Crippen LogP contribution in [0.4, 0.5) is 10.5 Å². The van der Waals surface area contributed by atoms with E-state index in [-0.39, 0.29) is 12.1 Å². The molecule has 1 atom stereocenters. The number of urea groups is 1. The minimum absolute atomic E-state index is 0.0149. The van der Waals surface area contributed by atoms with Gasteiger partial charge in [0.2, 0.25) is 0 Å². The van der Waals surface area contributed by atoms with E-state index in [2.05, 4.69) is 39.6 Å². The number of rotatable bonds is 4. The molecule has 7 nitrogen and oxygen atoms in total. The summed E-state index contributed by atoms with van der Waals surface area (Å²) in [6.45, 7) is 3.95. The van der Waals surface area contributed by atoms with Gasteiger partial charge in [-0.3, -0.25) is 10.00 Å². The van der Waals surface area contributed by atoms with Crippen LogP contribution in [0.2, 0.25) is 0 Å². The maximum atomic E-state index is 12.5. The lowest BCUT2D eigenvalue weighted by Crippen LogP contribution is -2.38. The zero-order valence-electron chi connectivity index (χ0n) is 14.4. The molecule has 1 unspecified atom stereocenters. The molecule has 0 bridgehead atoms. The zero-order chi connectivity index (χ0) is 17.2. The lowest BCUT2D eigenvalue weighted by molar-refractivity contribution is 0.105. The Morgan fingerprint density at radius 3 is 3.20 bits per heavy atom. The van der Waals surface area contributed by atoms with Crippen LogP contribution in [-0.2, 0) is 24.1 Å². The number of carbonyl (C=O) groups excluding carboxylic acids is 1. The summed E-state index contributed by atoms with van der Waals surface area (Å²) >= 11 is 0. The fraction of sp³-hybridized carbons (Fsp3) is 0.500. The predicted molar refractivity (Wildman–Crippen MR) is 93.4 cm³/mol. The molecule has 7 heteroatoms. The number of benzene rings is 1. The number of aryl methyl sites for hydroxylation is 1. The first-order chi connectivity index (χ1) is 12.2. The number of H-pyrrole nitrogens is 1. The van der Waals surface area contributed by atoms with Gasteiger partial charge in [-0.1, -0.05) is 19.1 Å². The molecule has 132 valence electrons. The SMILES string of the molecule is CCc1ccc2c(c1)CCN2C(=O)NCc1nc(C2CCCO2)n[nH]1. The Balaban J connectivity index is 1.37. The van der Waals surface area contributed by atoms with Crippen LogP contribution in [0.3, 0.4) is 0 Å². The Labute approximate surface area is 146 Å². The van der Waals surface area contributed by atoms with E-state index in [9.17, 15) is 4.79 Å². The van der Waals surface area contributed by atoms with Crippen molar-refractivity contribution in [2.75, 3.05) is 18.1 Å². The van der Waals surface area contributed by atoms with Gasteiger partial charge in [0.15, 0.2) is 5.82 Å². The number of hydrogen-bond acceptors (Lipinski definition) is 4. The summed E-state index contributed by atoms with van der Waals surface area (Å²) in [6, 6.07) is 6.24. The molecule has 2 aliphatic heterocycles. The number of amides is 2. The van der Waals surface area contributed by atoms with Crippen molar-refractivity contribution in [3.63, 3.8) is 0 Å². The van der Waals surface area contributed by atoms with Crippen molar-refractivity contribution in [2.45, 2.75) is 45.3 Å².